The van der Waals surface area contributed by atoms with Crippen molar-refractivity contribution in [3.8, 4) is 5.75 Å². The van der Waals surface area contributed by atoms with Crippen LogP contribution in [0.2, 0.25) is 5.02 Å². The van der Waals surface area contributed by atoms with Crippen LogP contribution in [0.25, 0.3) is 0 Å². The number of halogens is 1. The number of primary sulfonamides is 1. The van der Waals surface area contributed by atoms with Crippen LogP contribution in [-0.4, -0.2) is 41.1 Å². The number of carbonyl (C=O) groups excluding carboxylic acids is 3. The minimum absolute atomic E-state index is 0.0156. The van der Waals surface area contributed by atoms with E-state index in [1.54, 1.807) is 36.4 Å². The summed E-state index contributed by atoms with van der Waals surface area (Å²) in [6.45, 7) is -0.392. The number of aromatic nitrogens is 1. The number of thioether (sulfide) groups is 1. The number of phenols is 1. The molecule has 11 nitrogen and oxygen atoms in total. The highest BCUT2D eigenvalue weighted by molar-refractivity contribution is 8.00. The second kappa shape index (κ2) is 11.0. The van der Waals surface area contributed by atoms with Crippen LogP contribution in [0.15, 0.2) is 87.5 Å². The molecule has 4 aromatic rings. The van der Waals surface area contributed by atoms with Gasteiger partial charge in [-0.25, -0.2) is 18.5 Å². The molecule has 4 N–H and O–H groups in total. The maximum Gasteiger partial charge on any atom is 0.308 e. The molecule has 15 heteroatoms. The third-order valence-corrected chi connectivity index (χ3v) is 10.9. The Balaban J connectivity index is 1.36. The summed E-state index contributed by atoms with van der Waals surface area (Å²) in [5.41, 5.74) is 1.29. The summed E-state index contributed by atoms with van der Waals surface area (Å²) in [5, 5.41) is 17.6. The Labute approximate surface area is 257 Å². The number of hydrogen-bond acceptors (Lipinski definition) is 9. The molecular weight excluding hydrogens is 636 g/mol. The van der Waals surface area contributed by atoms with E-state index >= 15 is 0 Å². The van der Waals surface area contributed by atoms with Gasteiger partial charge in [0.1, 0.15) is 17.5 Å². The van der Waals surface area contributed by atoms with Gasteiger partial charge in [0.25, 0.3) is 0 Å². The van der Waals surface area contributed by atoms with Gasteiger partial charge in [0.05, 0.1) is 21.5 Å². The number of aromatic hydroxyl groups is 1. The Morgan fingerprint density at radius 2 is 1.60 bits per heavy atom. The molecule has 2 aliphatic heterocycles. The zero-order valence-electron chi connectivity index (χ0n) is 21.8. The number of hydrogen-bond donors (Lipinski definition) is 3. The second-order valence-electron chi connectivity index (χ2n) is 9.86. The minimum atomic E-state index is -3.91. The van der Waals surface area contributed by atoms with Crippen molar-refractivity contribution >= 4 is 73.8 Å². The molecule has 3 amide bonds. The molecule has 0 radical (unpaired) electrons. The van der Waals surface area contributed by atoms with Crippen LogP contribution in [0.1, 0.15) is 16.4 Å². The fourth-order valence-electron chi connectivity index (χ4n) is 5.21. The van der Waals surface area contributed by atoms with Gasteiger partial charge in [-0.2, -0.15) is 0 Å². The van der Waals surface area contributed by atoms with Crippen molar-refractivity contribution in [2.75, 3.05) is 10.2 Å². The van der Waals surface area contributed by atoms with E-state index in [-0.39, 0.29) is 10.6 Å². The van der Waals surface area contributed by atoms with Crippen molar-refractivity contribution in [2.45, 2.75) is 27.6 Å². The van der Waals surface area contributed by atoms with Crippen molar-refractivity contribution in [3.63, 3.8) is 0 Å². The van der Waals surface area contributed by atoms with E-state index in [9.17, 15) is 32.7 Å². The van der Waals surface area contributed by atoms with Crippen molar-refractivity contribution in [1.82, 2.24) is 4.57 Å². The van der Waals surface area contributed by atoms with Crippen LogP contribution in [0.5, 0.6) is 5.75 Å². The van der Waals surface area contributed by atoms with Gasteiger partial charge in [-0.05, 0) is 66.2 Å². The number of imide groups is 1. The minimum Gasteiger partial charge on any atom is -0.508 e. The molecule has 3 heterocycles. The fourth-order valence-corrected chi connectivity index (χ4v) is 8.63. The zero-order chi connectivity index (χ0) is 30.6. The van der Waals surface area contributed by atoms with Gasteiger partial charge < -0.3 is 10.4 Å². The van der Waals surface area contributed by atoms with E-state index in [0.717, 1.165) is 28.0 Å². The third-order valence-electron chi connectivity index (χ3n) is 7.15. The zero-order valence-corrected chi connectivity index (χ0v) is 25.0. The van der Waals surface area contributed by atoms with E-state index < -0.39 is 56.2 Å². The van der Waals surface area contributed by atoms with Crippen molar-refractivity contribution in [3.05, 3.63) is 97.9 Å². The molecule has 220 valence electrons. The molecule has 0 spiro atoms. The molecule has 2 aliphatic rings. The summed E-state index contributed by atoms with van der Waals surface area (Å²) >= 11 is 7.98. The van der Waals surface area contributed by atoms with Crippen LogP contribution >= 0.6 is 34.7 Å². The lowest BCUT2D eigenvalue weighted by Gasteiger charge is -2.30. The number of rotatable bonds is 6. The number of nitrogens with two attached hydrogens (primary N) is 1. The normalized spacial score (nSPS) is 19.7. The molecule has 1 saturated heterocycles. The summed E-state index contributed by atoms with van der Waals surface area (Å²) in [4.78, 5) is 55.0. The standard InChI is InChI=1S/C28H21ClN4O7S3/c29-15-3-7-17(8-4-15)33-25(36)22-21(14-1-9-18(34)10-2-14)24-27(41-23(22)26(33)37)32(28(38)42-24)13-20(35)31-16-5-11-19(12-6-16)43(30,39)40/h1-12,21-23,34H,13H2,(H,31,35)(H2,30,39,40). The molecule has 3 aromatic carbocycles. The van der Waals surface area contributed by atoms with E-state index in [1.165, 1.54) is 41.0 Å². The molecule has 3 unspecified atom stereocenters. The first kappa shape index (κ1) is 29.1. The predicted octanol–water partition coefficient (Wildman–Crippen LogP) is 3.35. The summed E-state index contributed by atoms with van der Waals surface area (Å²) < 4.78 is 24.3. The number of nitrogens with zero attached hydrogens (tertiary/aromatic N) is 2. The lowest BCUT2D eigenvalue weighted by molar-refractivity contribution is -0.122. The van der Waals surface area contributed by atoms with Crippen LogP contribution in [0.3, 0.4) is 0 Å². The molecule has 0 saturated carbocycles. The number of benzene rings is 3. The highest BCUT2D eigenvalue weighted by atomic mass is 35.5. The lowest BCUT2D eigenvalue weighted by Crippen LogP contribution is -2.33. The number of nitrogens with one attached hydrogen (secondary N) is 1. The number of anilines is 2. The topological polar surface area (TPSA) is 169 Å². The number of phenolic OH excluding ortho intramolecular Hbond substituents is 1. The second-order valence-corrected chi connectivity index (χ2v) is 14.0. The average molecular weight is 657 g/mol. The van der Waals surface area contributed by atoms with Crippen molar-refractivity contribution in [1.29, 1.82) is 0 Å². The summed E-state index contributed by atoms with van der Waals surface area (Å²) in [6.07, 6.45) is 0. The van der Waals surface area contributed by atoms with Gasteiger partial charge in [-0.1, -0.05) is 46.8 Å². The summed E-state index contributed by atoms with van der Waals surface area (Å²) in [7, 11) is -3.91. The van der Waals surface area contributed by atoms with Crippen LogP contribution in [-0.2, 0) is 31.0 Å². The van der Waals surface area contributed by atoms with Crippen molar-refractivity contribution in [2.24, 2.45) is 11.1 Å². The molecule has 1 aromatic heterocycles. The van der Waals surface area contributed by atoms with Crippen LogP contribution in [0.4, 0.5) is 11.4 Å². The smallest absolute Gasteiger partial charge is 0.308 e. The molecule has 3 atom stereocenters. The molecule has 43 heavy (non-hydrogen) atoms. The lowest BCUT2D eigenvalue weighted by atomic mass is 9.83. The average Bonchev–Trinajstić information content (AvgIpc) is 3.40. The Bertz CT molecular complexity index is 1940. The SMILES string of the molecule is NS(=O)(=O)c1ccc(NC(=O)Cn2c3c(sc2=O)C(c2ccc(O)cc2)C2C(=O)N(c4ccc(Cl)cc4)C(=O)C2S3)cc1. The van der Waals surface area contributed by atoms with E-state index in [2.05, 4.69) is 5.32 Å². The van der Waals surface area contributed by atoms with E-state index in [0.29, 0.717) is 31.9 Å². The molecule has 0 bridgehead atoms. The summed E-state index contributed by atoms with van der Waals surface area (Å²) in [5.74, 6) is -2.97. The van der Waals surface area contributed by atoms with E-state index in [4.69, 9.17) is 16.7 Å². The Morgan fingerprint density at radius 3 is 2.23 bits per heavy atom. The first-order valence-electron chi connectivity index (χ1n) is 12.7. The number of thiazole rings is 1. The number of sulfonamides is 1. The van der Waals surface area contributed by atoms with Crippen LogP contribution < -0.4 is 20.2 Å². The van der Waals surface area contributed by atoms with Gasteiger partial charge in [-0.15, -0.1) is 0 Å². The summed E-state index contributed by atoms with van der Waals surface area (Å²) in [6, 6.07) is 17.8. The fraction of sp³-hybridized carbons (Fsp3) is 0.143. The maximum atomic E-state index is 13.9. The molecule has 6 rings (SSSR count). The highest BCUT2D eigenvalue weighted by Gasteiger charge is 2.56. The van der Waals surface area contributed by atoms with Gasteiger partial charge in [0.2, 0.25) is 27.7 Å². The maximum absolute atomic E-state index is 13.9. The number of fused-ring (bicyclic) bond motifs is 2. The van der Waals surface area contributed by atoms with E-state index in [1.807, 2.05) is 0 Å². The Kier molecular flexibility index (Phi) is 7.42. The first-order valence-corrected chi connectivity index (χ1v) is 16.3. The first-order chi connectivity index (χ1) is 20.4. The number of amides is 3. The predicted molar refractivity (Wildman–Crippen MR) is 162 cm³/mol. The van der Waals surface area contributed by atoms with Gasteiger partial charge >= 0.3 is 4.87 Å². The van der Waals surface area contributed by atoms with Gasteiger partial charge in [0.15, 0.2) is 0 Å². The molecule has 1 fully saturated rings. The Hall–Kier alpha value is -3.95. The van der Waals surface area contributed by atoms with Crippen LogP contribution in [0, 0.1) is 5.92 Å². The third kappa shape index (κ3) is 5.36. The van der Waals surface area contributed by atoms with Crippen molar-refractivity contribution < 1.29 is 27.9 Å². The van der Waals surface area contributed by atoms with Gasteiger partial charge in [-0.3, -0.25) is 23.7 Å². The largest absolute Gasteiger partial charge is 0.508 e. The monoisotopic (exact) mass is 656 g/mol. The quantitative estimate of drug-likeness (QED) is 0.266. The molecule has 0 aliphatic carbocycles. The molecular formula is C28H21ClN4O7S3. The number of carbonyl (C=O) groups is 3. The van der Waals surface area contributed by atoms with Gasteiger partial charge in [0, 0.05) is 21.5 Å². The Morgan fingerprint density at radius 1 is 0.953 bits per heavy atom. The highest BCUT2D eigenvalue weighted by Crippen LogP contribution is 2.54.